The first-order chi connectivity index (χ1) is 8.30. The summed E-state index contributed by atoms with van der Waals surface area (Å²) in [5, 5.41) is 14.6. The fraction of sp³-hybridized carbons (Fsp3) is 0.909. The fourth-order valence-electron chi connectivity index (χ4n) is 2.83. The van der Waals surface area contributed by atoms with Gasteiger partial charge in [-0.15, -0.1) is 0 Å². The van der Waals surface area contributed by atoms with Gasteiger partial charge >= 0.3 is 0 Å². The molecule has 1 saturated heterocycles. The highest BCUT2D eigenvalue weighted by Gasteiger charge is 2.38. The van der Waals surface area contributed by atoms with E-state index in [2.05, 4.69) is 0 Å². The second kappa shape index (κ2) is 4.79. The maximum atomic E-state index is 12.0. The number of likely N-dealkylation sites (tertiary alicyclic amines) is 1. The molecule has 1 atom stereocenters. The van der Waals surface area contributed by atoms with Crippen LogP contribution >= 0.6 is 0 Å². The van der Waals surface area contributed by atoms with Gasteiger partial charge in [-0.05, 0) is 19.3 Å². The van der Waals surface area contributed by atoms with Crippen molar-refractivity contribution in [1.29, 1.82) is 0 Å². The summed E-state index contributed by atoms with van der Waals surface area (Å²) in [7, 11) is -3.57. The van der Waals surface area contributed by atoms with Gasteiger partial charge in [0, 0.05) is 13.1 Å². The van der Waals surface area contributed by atoms with Crippen LogP contribution in [-0.2, 0) is 14.8 Å². The average Bonchev–Trinajstić information content (AvgIpc) is 2.84. The molecule has 6 nitrogen and oxygen atoms in total. The van der Waals surface area contributed by atoms with Crippen molar-refractivity contribution >= 4 is 15.9 Å². The van der Waals surface area contributed by atoms with E-state index in [4.69, 9.17) is 5.14 Å². The molecule has 1 unspecified atom stereocenters. The monoisotopic (exact) mass is 276 g/mol. The van der Waals surface area contributed by atoms with Crippen molar-refractivity contribution in [3.8, 4) is 0 Å². The van der Waals surface area contributed by atoms with E-state index < -0.39 is 20.9 Å². The van der Waals surface area contributed by atoms with E-state index in [0.717, 1.165) is 12.8 Å². The molecule has 7 heteroatoms. The normalized spacial score (nSPS) is 27.7. The molecule has 1 heterocycles. The van der Waals surface area contributed by atoms with E-state index in [0.29, 0.717) is 25.8 Å². The summed E-state index contributed by atoms with van der Waals surface area (Å²) in [6.45, 7) is 0.573. The van der Waals surface area contributed by atoms with E-state index in [-0.39, 0.29) is 18.9 Å². The molecule has 2 fully saturated rings. The molecule has 0 radical (unpaired) electrons. The number of hydrogen-bond acceptors (Lipinski definition) is 4. The number of nitrogens with zero attached hydrogens (tertiary/aromatic N) is 1. The third-order valence-corrected chi connectivity index (χ3v) is 5.29. The Kier molecular flexibility index (Phi) is 3.66. The lowest BCUT2D eigenvalue weighted by Crippen LogP contribution is -2.38. The summed E-state index contributed by atoms with van der Waals surface area (Å²) < 4.78 is 22.4. The molecule has 2 rings (SSSR count). The second-order valence-electron chi connectivity index (χ2n) is 5.45. The number of sulfonamides is 1. The largest absolute Gasteiger partial charge is 0.389 e. The van der Waals surface area contributed by atoms with Gasteiger partial charge in [-0.1, -0.05) is 12.8 Å². The Morgan fingerprint density at radius 3 is 2.50 bits per heavy atom. The van der Waals surface area contributed by atoms with Crippen molar-refractivity contribution < 1.29 is 18.3 Å². The van der Waals surface area contributed by atoms with Crippen molar-refractivity contribution in [2.75, 3.05) is 13.1 Å². The third-order valence-electron chi connectivity index (χ3n) is 3.98. The van der Waals surface area contributed by atoms with Crippen LogP contribution in [0.5, 0.6) is 0 Å². The lowest BCUT2D eigenvalue weighted by molar-refractivity contribution is -0.135. The van der Waals surface area contributed by atoms with Crippen LogP contribution in [-0.4, -0.2) is 48.3 Å². The van der Waals surface area contributed by atoms with E-state index in [1.165, 1.54) is 4.90 Å². The van der Waals surface area contributed by atoms with Gasteiger partial charge in [0.05, 0.1) is 17.3 Å². The van der Waals surface area contributed by atoms with Crippen molar-refractivity contribution in [1.82, 2.24) is 4.90 Å². The van der Waals surface area contributed by atoms with Gasteiger partial charge in [-0.25, -0.2) is 13.6 Å². The molecule has 3 N–H and O–H groups in total. The Bertz CT molecular complexity index is 428. The molecular weight excluding hydrogens is 256 g/mol. The summed E-state index contributed by atoms with van der Waals surface area (Å²) in [5.41, 5.74) is -0.878. The Labute approximate surface area is 107 Å². The van der Waals surface area contributed by atoms with Crippen LogP contribution in [0.1, 0.15) is 38.5 Å². The van der Waals surface area contributed by atoms with Crippen LogP contribution in [0.15, 0.2) is 0 Å². The second-order valence-corrected chi connectivity index (χ2v) is 7.29. The van der Waals surface area contributed by atoms with Crippen LogP contribution in [0.4, 0.5) is 0 Å². The molecule has 0 spiro atoms. The minimum Gasteiger partial charge on any atom is -0.389 e. The fourth-order valence-corrected chi connectivity index (χ4v) is 3.65. The zero-order valence-corrected chi connectivity index (χ0v) is 11.2. The standard InChI is InChI=1S/C11H20N2O4S/c12-18(16,17)9-3-6-13(8-9)10(14)7-11(15)4-1-2-5-11/h9,15H,1-8H2,(H2,12,16,17). The average molecular weight is 276 g/mol. The molecule has 0 aromatic heterocycles. The lowest BCUT2D eigenvalue weighted by atomic mass is 9.97. The van der Waals surface area contributed by atoms with Crippen molar-refractivity contribution in [2.45, 2.75) is 49.4 Å². The number of nitrogens with two attached hydrogens (primary N) is 1. The molecular formula is C11H20N2O4S. The summed E-state index contributed by atoms with van der Waals surface area (Å²) in [4.78, 5) is 13.5. The minimum absolute atomic E-state index is 0.102. The summed E-state index contributed by atoms with van der Waals surface area (Å²) in [6.07, 6.45) is 3.71. The van der Waals surface area contributed by atoms with E-state index in [9.17, 15) is 18.3 Å². The summed E-state index contributed by atoms with van der Waals surface area (Å²) in [5.74, 6) is -0.162. The molecule has 1 aliphatic carbocycles. The van der Waals surface area contributed by atoms with Gasteiger partial charge in [0.1, 0.15) is 0 Å². The minimum atomic E-state index is -3.57. The Morgan fingerprint density at radius 2 is 2.00 bits per heavy atom. The van der Waals surface area contributed by atoms with Crippen LogP contribution in [0.2, 0.25) is 0 Å². The number of hydrogen-bond donors (Lipinski definition) is 2. The zero-order chi connectivity index (χ0) is 13.4. The van der Waals surface area contributed by atoms with Gasteiger partial charge in [-0.3, -0.25) is 4.79 Å². The molecule has 1 aliphatic heterocycles. The van der Waals surface area contributed by atoms with Gasteiger partial charge in [0.25, 0.3) is 0 Å². The Morgan fingerprint density at radius 1 is 1.39 bits per heavy atom. The van der Waals surface area contributed by atoms with E-state index >= 15 is 0 Å². The van der Waals surface area contributed by atoms with E-state index in [1.54, 1.807) is 0 Å². The van der Waals surface area contributed by atoms with Gasteiger partial charge < -0.3 is 10.0 Å². The molecule has 2 aliphatic rings. The Hall–Kier alpha value is -0.660. The molecule has 18 heavy (non-hydrogen) atoms. The first kappa shape index (κ1) is 13.8. The third kappa shape index (κ3) is 3.02. The maximum Gasteiger partial charge on any atom is 0.225 e. The number of rotatable bonds is 3. The Balaban J connectivity index is 1.92. The lowest BCUT2D eigenvalue weighted by Gasteiger charge is -2.25. The number of aliphatic hydroxyl groups is 1. The summed E-state index contributed by atoms with van der Waals surface area (Å²) in [6, 6.07) is 0. The number of carbonyl (C=O) groups excluding carboxylic acids is 1. The maximum absolute atomic E-state index is 12.0. The molecule has 0 aromatic carbocycles. The highest BCUT2D eigenvalue weighted by atomic mass is 32.2. The van der Waals surface area contributed by atoms with Gasteiger partial charge in [0.2, 0.25) is 15.9 Å². The van der Waals surface area contributed by atoms with Gasteiger partial charge in [-0.2, -0.15) is 0 Å². The van der Waals surface area contributed by atoms with Crippen LogP contribution < -0.4 is 5.14 Å². The first-order valence-electron chi connectivity index (χ1n) is 6.32. The molecule has 104 valence electrons. The first-order valence-corrected chi connectivity index (χ1v) is 7.93. The van der Waals surface area contributed by atoms with Crippen molar-refractivity contribution in [2.24, 2.45) is 5.14 Å². The van der Waals surface area contributed by atoms with E-state index in [1.807, 2.05) is 0 Å². The van der Waals surface area contributed by atoms with Crippen LogP contribution in [0.25, 0.3) is 0 Å². The van der Waals surface area contributed by atoms with Crippen LogP contribution in [0, 0.1) is 0 Å². The van der Waals surface area contributed by atoms with Crippen LogP contribution in [0.3, 0.4) is 0 Å². The number of primary sulfonamides is 1. The number of amides is 1. The molecule has 0 bridgehead atoms. The molecule has 1 amide bonds. The molecule has 1 saturated carbocycles. The smallest absolute Gasteiger partial charge is 0.225 e. The van der Waals surface area contributed by atoms with Crippen molar-refractivity contribution in [3.05, 3.63) is 0 Å². The highest BCUT2D eigenvalue weighted by Crippen LogP contribution is 2.33. The predicted octanol–water partition coefficient (Wildman–Crippen LogP) is -0.429. The predicted molar refractivity (Wildman–Crippen MR) is 66.1 cm³/mol. The highest BCUT2D eigenvalue weighted by molar-refractivity contribution is 7.89. The van der Waals surface area contributed by atoms with Crippen molar-refractivity contribution in [3.63, 3.8) is 0 Å². The topological polar surface area (TPSA) is 101 Å². The molecule has 0 aromatic rings. The zero-order valence-electron chi connectivity index (χ0n) is 10.3. The number of carbonyl (C=O) groups is 1. The summed E-state index contributed by atoms with van der Waals surface area (Å²) >= 11 is 0. The quantitative estimate of drug-likeness (QED) is 0.730. The SMILES string of the molecule is NS(=O)(=O)C1CCN(C(=O)CC2(O)CCCC2)C1. The van der Waals surface area contributed by atoms with Gasteiger partial charge in [0.15, 0.2) is 0 Å².